The van der Waals surface area contributed by atoms with Gasteiger partial charge in [-0.2, -0.15) is 0 Å². The average molecular weight is 471 g/mol. The third-order valence-electron chi connectivity index (χ3n) is 7.54. The number of carbonyl (C=O) groups is 3. The van der Waals surface area contributed by atoms with Gasteiger partial charge in [-0.15, -0.1) is 0 Å². The SMILES string of the molecule is COCCN(C[C@@H]1CCCN2CCCC[C@@H]12)C(=O)CC[C@H]1NC(=O)N(Cc2ccccc2)C1=O. The fourth-order valence-corrected chi connectivity index (χ4v) is 5.71. The second-order valence-electron chi connectivity index (χ2n) is 9.78. The van der Waals surface area contributed by atoms with E-state index in [1.54, 1.807) is 7.11 Å². The van der Waals surface area contributed by atoms with Crippen molar-refractivity contribution in [3.63, 3.8) is 0 Å². The van der Waals surface area contributed by atoms with Gasteiger partial charge in [0.05, 0.1) is 13.2 Å². The summed E-state index contributed by atoms with van der Waals surface area (Å²) in [6, 6.07) is 9.00. The number of rotatable bonds is 10. The molecule has 1 aromatic rings. The molecule has 0 bridgehead atoms. The van der Waals surface area contributed by atoms with Gasteiger partial charge in [-0.1, -0.05) is 36.8 Å². The van der Waals surface area contributed by atoms with Crippen LogP contribution in [0, 0.1) is 5.92 Å². The molecule has 0 aliphatic carbocycles. The maximum Gasteiger partial charge on any atom is 0.325 e. The second kappa shape index (κ2) is 11.8. The molecule has 8 nitrogen and oxygen atoms in total. The molecule has 3 heterocycles. The Hall–Kier alpha value is -2.45. The predicted molar refractivity (Wildman–Crippen MR) is 129 cm³/mol. The smallest absolute Gasteiger partial charge is 0.325 e. The third-order valence-corrected chi connectivity index (χ3v) is 7.54. The fraction of sp³-hybridized carbons (Fsp3) is 0.654. The lowest BCUT2D eigenvalue weighted by atomic mass is 9.83. The number of carbonyl (C=O) groups excluding carboxylic acids is 3. The van der Waals surface area contributed by atoms with Crippen molar-refractivity contribution < 1.29 is 19.1 Å². The van der Waals surface area contributed by atoms with Crippen LogP contribution in [0.15, 0.2) is 30.3 Å². The number of imide groups is 1. The third kappa shape index (κ3) is 5.96. The molecular formula is C26H38N4O4. The van der Waals surface area contributed by atoms with Crippen molar-refractivity contribution in [1.82, 2.24) is 20.0 Å². The number of nitrogens with one attached hydrogen (secondary N) is 1. The lowest BCUT2D eigenvalue weighted by Crippen LogP contribution is -2.52. The number of hydrogen-bond acceptors (Lipinski definition) is 5. The minimum Gasteiger partial charge on any atom is -0.383 e. The van der Waals surface area contributed by atoms with Crippen molar-refractivity contribution in [1.29, 1.82) is 0 Å². The molecule has 3 atom stereocenters. The molecule has 4 amide bonds. The van der Waals surface area contributed by atoms with Crippen LogP contribution in [0.25, 0.3) is 0 Å². The molecule has 3 saturated heterocycles. The number of methoxy groups -OCH3 is 1. The number of amides is 4. The Labute approximate surface area is 202 Å². The van der Waals surface area contributed by atoms with Crippen molar-refractivity contribution in [3.05, 3.63) is 35.9 Å². The molecule has 0 spiro atoms. The van der Waals surface area contributed by atoms with E-state index in [4.69, 9.17) is 4.74 Å². The zero-order chi connectivity index (χ0) is 23.9. The zero-order valence-electron chi connectivity index (χ0n) is 20.3. The molecule has 1 aromatic carbocycles. The Balaban J connectivity index is 1.32. The molecular weight excluding hydrogens is 432 g/mol. The molecule has 1 N–H and O–H groups in total. The molecule has 186 valence electrons. The highest BCUT2D eigenvalue weighted by Crippen LogP contribution is 2.31. The maximum atomic E-state index is 13.2. The first-order valence-electron chi connectivity index (χ1n) is 12.7. The van der Waals surface area contributed by atoms with Crippen molar-refractivity contribution >= 4 is 17.8 Å². The molecule has 0 saturated carbocycles. The summed E-state index contributed by atoms with van der Waals surface area (Å²) >= 11 is 0. The largest absolute Gasteiger partial charge is 0.383 e. The van der Waals surface area contributed by atoms with Crippen LogP contribution in [0.5, 0.6) is 0 Å². The van der Waals surface area contributed by atoms with E-state index < -0.39 is 6.04 Å². The molecule has 0 aromatic heterocycles. The first-order chi connectivity index (χ1) is 16.6. The van der Waals surface area contributed by atoms with Gasteiger partial charge in [0.2, 0.25) is 5.91 Å². The lowest BCUT2D eigenvalue weighted by Gasteiger charge is -2.45. The number of benzene rings is 1. The van der Waals surface area contributed by atoms with Gasteiger partial charge in [-0.3, -0.25) is 14.5 Å². The average Bonchev–Trinajstić information content (AvgIpc) is 3.13. The van der Waals surface area contributed by atoms with Crippen molar-refractivity contribution in [2.45, 2.75) is 63.6 Å². The lowest BCUT2D eigenvalue weighted by molar-refractivity contribution is -0.134. The summed E-state index contributed by atoms with van der Waals surface area (Å²) in [6.07, 6.45) is 6.66. The van der Waals surface area contributed by atoms with Gasteiger partial charge in [-0.05, 0) is 56.7 Å². The zero-order valence-corrected chi connectivity index (χ0v) is 20.3. The fourth-order valence-electron chi connectivity index (χ4n) is 5.71. The highest BCUT2D eigenvalue weighted by atomic mass is 16.5. The molecule has 3 fully saturated rings. The number of ether oxygens (including phenoxy) is 1. The first-order valence-corrected chi connectivity index (χ1v) is 12.7. The van der Waals surface area contributed by atoms with E-state index in [1.807, 2.05) is 35.2 Å². The highest BCUT2D eigenvalue weighted by Gasteiger charge is 2.39. The van der Waals surface area contributed by atoms with Gasteiger partial charge in [-0.25, -0.2) is 4.79 Å². The molecule has 8 heteroatoms. The monoisotopic (exact) mass is 470 g/mol. The summed E-state index contributed by atoms with van der Waals surface area (Å²) in [5.74, 6) is 0.271. The van der Waals surface area contributed by atoms with E-state index in [0.717, 1.165) is 18.5 Å². The van der Waals surface area contributed by atoms with Gasteiger partial charge < -0.3 is 19.9 Å². The van der Waals surface area contributed by atoms with E-state index in [0.29, 0.717) is 31.5 Å². The first kappa shape index (κ1) is 24.7. The standard InChI is InChI=1S/C26H38N4O4/c1-34-17-16-29(19-21-10-7-15-28-14-6-5-11-23(21)28)24(31)13-12-22-25(32)30(26(33)27-22)18-20-8-3-2-4-9-20/h2-4,8-9,21-23H,5-7,10-19H2,1H3,(H,27,33)/t21-,22+,23-/m0/s1. The summed E-state index contributed by atoms with van der Waals surface area (Å²) in [4.78, 5) is 44.2. The minimum atomic E-state index is -0.645. The van der Waals surface area contributed by atoms with Crippen LogP contribution < -0.4 is 5.32 Å². The Morgan fingerprint density at radius 2 is 1.91 bits per heavy atom. The summed E-state index contributed by atoms with van der Waals surface area (Å²) in [6.45, 7) is 4.40. The molecule has 3 aliphatic rings. The van der Waals surface area contributed by atoms with Crippen LogP contribution in [0.1, 0.15) is 50.5 Å². The van der Waals surface area contributed by atoms with Crippen LogP contribution in [-0.4, -0.2) is 84.5 Å². The summed E-state index contributed by atoms with van der Waals surface area (Å²) in [5, 5.41) is 2.77. The Morgan fingerprint density at radius 1 is 1.12 bits per heavy atom. The van der Waals surface area contributed by atoms with E-state index in [9.17, 15) is 14.4 Å². The molecule has 4 rings (SSSR count). The van der Waals surface area contributed by atoms with Crippen LogP contribution in [0.4, 0.5) is 4.79 Å². The summed E-state index contributed by atoms with van der Waals surface area (Å²) in [5.41, 5.74) is 0.901. The molecule has 0 radical (unpaired) electrons. The predicted octanol–water partition coefficient (Wildman–Crippen LogP) is 2.63. The van der Waals surface area contributed by atoms with Crippen LogP contribution in [0.2, 0.25) is 0 Å². The number of nitrogens with zero attached hydrogens (tertiary/aromatic N) is 3. The number of piperidine rings is 2. The van der Waals surface area contributed by atoms with Gasteiger partial charge in [0.15, 0.2) is 0 Å². The summed E-state index contributed by atoms with van der Waals surface area (Å²) < 4.78 is 5.28. The number of urea groups is 1. The van der Waals surface area contributed by atoms with Gasteiger partial charge in [0.25, 0.3) is 5.91 Å². The van der Waals surface area contributed by atoms with E-state index >= 15 is 0 Å². The topological polar surface area (TPSA) is 82.2 Å². The minimum absolute atomic E-state index is 0.0357. The quantitative estimate of drug-likeness (QED) is 0.532. The van der Waals surface area contributed by atoms with Gasteiger partial charge in [0, 0.05) is 32.7 Å². The van der Waals surface area contributed by atoms with Gasteiger partial charge >= 0.3 is 6.03 Å². The van der Waals surface area contributed by atoms with Crippen molar-refractivity contribution in [3.8, 4) is 0 Å². The van der Waals surface area contributed by atoms with E-state index in [1.165, 1.54) is 43.7 Å². The van der Waals surface area contributed by atoms with E-state index in [2.05, 4.69) is 10.2 Å². The van der Waals surface area contributed by atoms with E-state index in [-0.39, 0.29) is 30.8 Å². The Morgan fingerprint density at radius 3 is 2.71 bits per heavy atom. The number of hydrogen-bond donors (Lipinski definition) is 1. The van der Waals surface area contributed by atoms with Crippen LogP contribution >= 0.6 is 0 Å². The van der Waals surface area contributed by atoms with Crippen molar-refractivity contribution in [2.75, 3.05) is 39.9 Å². The van der Waals surface area contributed by atoms with Crippen LogP contribution in [-0.2, 0) is 20.9 Å². The maximum absolute atomic E-state index is 13.2. The normalized spacial score (nSPS) is 25.2. The molecule has 3 aliphatic heterocycles. The Kier molecular flexibility index (Phi) is 8.56. The van der Waals surface area contributed by atoms with Crippen molar-refractivity contribution in [2.24, 2.45) is 5.92 Å². The number of fused-ring (bicyclic) bond motifs is 1. The van der Waals surface area contributed by atoms with Crippen LogP contribution in [0.3, 0.4) is 0 Å². The molecule has 0 unspecified atom stereocenters. The second-order valence-corrected chi connectivity index (χ2v) is 9.78. The highest BCUT2D eigenvalue weighted by molar-refractivity contribution is 6.04. The molecule has 34 heavy (non-hydrogen) atoms. The van der Waals surface area contributed by atoms with Gasteiger partial charge in [0.1, 0.15) is 6.04 Å². The Bertz CT molecular complexity index is 846. The summed E-state index contributed by atoms with van der Waals surface area (Å²) in [7, 11) is 1.65.